The molecule has 1 aromatic carbocycles. The highest BCUT2D eigenvalue weighted by Crippen LogP contribution is 2.19. The number of benzene rings is 1. The summed E-state index contributed by atoms with van der Waals surface area (Å²) in [5.74, 6) is -1.56. The maximum absolute atomic E-state index is 11.7. The normalized spacial score (nSPS) is 10.1. The first-order chi connectivity index (χ1) is 9.47. The second-order valence-electron chi connectivity index (χ2n) is 3.87. The number of ketones is 1. The van der Waals surface area contributed by atoms with Crippen LogP contribution in [-0.4, -0.2) is 16.7 Å². The van der Waals surface area contributed by atoms with Gasteiger partial charge < -0.3 is 9.15 Å². The predicted molar refractivity (Wildman–Crippen MR) is 66.8 cm³/mol. The molecule has 0 N–H and O–H groups in total. The van der Waals surface area contributed by atoms with Gasteiger partial charge in [-0.05, 0) is 37.3 Å². The molecular formula is C13H9NO6. The van der Waals surface area contributed by atoms with Crippen LogP contribution >= 0.6 is 0 Å². The summed E-state index contributed by atoms with van der Waals surface area (Å²) >= 11 is 0. The Labute approximate surface area is 112 Å². The van der Waals surface area contributed by atoms with Crippen LogP contribution in [-0.2, 0) is 0 Å². The third-order valence-electron chi connectivity index (χ3n) is 2.44. The number of hydrogen-bond acceptors (Lipinski definition) is 6. The van der Waals surface area contributed by atoms with Crippen molar-refractivity contribution in [3.05, 3.63) is 57.8 Å². The number of esters is 1. The van der Waals surface area contributed by atoms with Crippen molar-refractivity contribution in [1.29, 1.82) is 0 Å². The van der Waals surface area contributed by atoms with Gasteiger partial charge in [0, 0.05) is 5.56 Å². The van der Waals surface area contributed by atoms with Crippen molar-refractivity contribution in [2.24, 2.45) is 0 Å². The molecule has 0 radical (unpaired) electrons. The molecule has 2 aromatic rings. The number of hydrogen-bond donors (Lipinski definition) is 0. The zero-order chi connectivity index (χ0) is 14.7. The largest absolute Gasteiger partial charge is 0.433 e. The van der Waals surface area contributed by atoms with Crippen molar-refractivity contribution in [3.8, 4) is 5.75 Å². The minimum atomic E-state index is -0.853. The van der Waals surface area contributed by atoms with Crippen molar-refractivity contribution in [2.75, 3.05) is 0 Å². The molecule has 0 atom stereocenters. The fraction of sp³-hybridized carbons (Fsp3) is 0.0769. The number of ether oxygens (including phenoxy) is 1. The van der Waals surface area contributed by atoms with Crippen LogP contribution in [0.3, 0.4) is 0 Å². The lowest BCUT2D eigenvalue weighted by Crippen LogP contribution is -2.07. The minimum absolute atomic E-state index is 0.107. The van der Waals surface area contributed by atoms with Gasteiger partial charge >= 0.3 is 11.9 Å². The van der Waals surface area contributed by atoms with Gasteiger partial charge in [-0.3, -0.25) is 14.9 Å². The molecule has 1 aromatic heterocycles. The Morgan fingerprint density at radius 3 is 2.30 bits per heavy atom. The molecule has 0 saturated heterocycles. The first kappa shape index (κ1) is 13.5. The number of carbonyl (C=O) groups excluding carboxylic acids is 2. The van der Waals surface area contributed by atoms with E-state index in [2.05, 4.69) is 0 Å². The smallest absolute Gasteiger partial charge is 0.421 e. The third kappa shape index (κ3) is 2.89. The summed E-state index contributed by atoms with van der Waals surface area (Å²) in [6, 6.07) is 8.14. The van der Waals surface area contributed by atoms with E-state index < -0.39 is 16.8 Å². The summed E-state index contributed by atoms with van der Waals surface area (Å²) in [6.45, 7) is 1.42. The molecule has 7 nitrogen and oxygen atoms in total. The molecule has 0 spiro atoms. The van der Waals surface area contributed by atoms with Gasteiger partial charge in [0.05, 0.1) is 6.07 Å². The van der Waals surface area contributed by atoms with Gasteiger partial charge in [-0.25, -0.2) is 4.79 Å². The number of nitro groups is 1. The molecule has 0 aliphatic carbocycles. The molecule has 102 valence electrons. The second-order valence-corrected chi connectivity index (χ2v) is 3.87. The van der Waals surface area contributed by atoms with Crippen LogP contribution in [0.25, 0.3) is 0 Å². The van der Waals surface area contributed by atoms with E-state index in [0.29, 0.717) is 5.56 Å². The van der Waals surface area contributed by atoms with Crippen LogP contribution in [0.1, 0.15) is 27.8 Å². The molecule has 0 saturated carbocycles. The van der Waals surface area contributed by atoms with Gasteiger partial charge in [0.2, 0.25) is 5.76 Å². The molecule has 0 aliphatic rings. The van der Waals surface area contributed by atoms with E-state index in [1.807, 2.05) is 0 Å². The molecule has 0 unspecified atom stereocenters. The van der Waals surface area contributed by atoms with Crippen LogP contribution in [0.4, 0.5) is 5.88 Å². The second kappa shape index (κ2) is 5.35. The lowest BCUT2D eigenvalue weighted by molar-refractivity contribution is -0.402. The van der Waals surface area contributed by atoms with E-state index in [9.17, 15) is 19.7 Å². The summed E-state index contributed by atoms with van der Waals surface area (Å²) in [6.07, 6.45) is 0. The molecule has 0 fully saturated rings. The Bertz CT molecular complexity index is 670. The Balaban J connectivity index is 2.10. The average Bonchev–Trinajstić information content (AvgIpc) is 2.89. The lowest BCUT2D eigenvalue weighted by Gasteiger charge is -2.02. The highest BCUT2D eigenvalue weighted by Gasteiger charge is 2.19. The summed E-state index contributed by atoms with van der Waals surface area (Å²) in [7, 11) is 0. The van der Waals surface area contributed by atoms with Gasteiger partial charge in [0.25, 0.3) is 0 Å². The van der Waals surface area contributed by atoms with Gasteiger partial charge in [0.15, 0.2) is 5.78 Å². The van der Waals surface area contributed by atoms with Gasteiger partial charge in [-0.2, -0.15) is 0 Å². The minimum Gasteiger partial charge on any atom is -0.421 e. The van der Waals surface area contributed by atoms with Crippen molar-refractivity contribution >= 4 is 17.6 Å². The highest BCUT2D eigenvalue weighted by atomic mass is 16.7. The van der Waals surface area contributed by atoms with Gasteiger partial charge in [-0.1, -0.05) is 0 Å². The van der Waals surface area contributed by atoms with Crippen molar-refractivity contribution in [3.63, 3.8) is 0 Å². The van der Waals surface area contributed by atoms with Crippen molar-refractivity contribution in [1.82, 2.24) is 0 Å². The standard InChI is InChI=1S/C13H9NO6/c1-8(15)9-2-4-10(5-3-9)19-13(16)11-6-7-12(20-11)14(17)18/h2-7H,1H3. The summed E-state index contributed by atoms with van der Waals surface area (Å²) in [5.41, 5.74) is 0.485. The lowest BCUT2D eigenvalue weighted by atomic mass is 10.1. The Morgan fingerprint density at radius 2 is 1.80 bits per heavy atom. The number of nitrogens with zero attached hydrogens (tertiary/aromatic N) is 1. The zero-order valence-corrected chi connectivity index (χ0v) is 10.4. The SMILES string of the molecule is CC(=O)c1ccc(OC(=O)c2ccc([N+](=O)[O-])o2)cc1. The predicted octanol–water partition coefficient (Wildman–Crippen LogP) is 2.61. The summed E-state index contributed by atoms with van der Waals surface area (Å²) < 4.78 is 9.67. The Morgan fingerprint density at radius 1 is 1.15 bits per heavy atom. The van der Waals surface area contributed by atoms with E-state index in [1.165, 1.54) is 31.2 Å². The van der Waals surface area contributed by atoms with Gasteiger partial charge in [-0.15, -0.1) is 0 Å². The quantitative estimate of drug-likeness (QED) is 0.279. The fourth-order valence-corrected chi connectivity index (χ4v) is 1.45. The molecular weight excluding hydrogens is 266 g/mol. The van der Waals surface area contributed by atoms with Crippen LogP contribution in [0.2, 0.25) is 0 Å². The van der Waals surface area contributed by atoms with Crippen molar-refractivity contribution < 1.29 is 23.7 Å². The van der Waals surface area contributed by atoms with E-state index in [0.717, 1.165) is 12.1 Å². The maximum atomic E-state index is 11.7. The molecule has 0 bridgehead atoms. The van der Waals surface area contributed by atoms with E-state index in [1.54, 1.807) is 0 Å². The van der Waals surface area contributed by atoms with Crippen LogP contribution in [0, 0.1) is 10.1 Å². The molecule has 0 aliphatic heterocycles. The molecule has 20 heavy (non-hydrogen) atoms. The van der Waals surface area contributed by atoms with Crippen LogP contribution < -0.4 is 4.74 Å². The van der Waals surface area contributed by atoms with E-state index >= 15 is 0 Å². The fourth-order valence-electron chi connectivity index (χ4n) is 1.45. The molecule has 1 heterocycles. The van der Waals surface area contributed by atoms with E-state index in [-0.39, 0.29) is 17.3 Å². The first-order valence-corrected chi connectivity index (χ1v) is 5.55. The topological polar surface area (TPSA) is 99.7 Å². The van der Waals surface area contributed by atoms with Crippen LogP contribution in [0.5, 0.6) is 5.75 Å². The Hall–Kier alpha value is -2.96. The molecule has 0 amide bonds. The average molecular weight is 275 g/mol. The van der Waals surface area contributed by atoms with Gasteiger partial charge in [0.1, 0.15) is 10.7 Å². The first-order valence-electron chi connectivity index (χ1n) is 5.55. The summed E-state index contributed by atoms with van der Waals surface area (Å²) in [4.78, 5) is 32.4. The number of furan rings is 1. The number of rotatable bonds is 4. The number of carbonyl (C=O) groups is 2. The van der Waals surface area contributed by atoms with Crippen LogP contribution in [0.15, 0.2) is 40.8 Å². The molecule has 7 heteroatoms. The summed E-state index contributed by atoms with van der Waals surface area (Å²) in [5, 5.41) is 10.4. The zero-order valence-electron chi connectivity index (χ0n) is 10.4. The third-order valence-corrected chi connectivity index (χ3v) is 2.44. The monoisotopic (exact) mass is 275 g/mol. The number of Topliss-reactive ketones (excluding diaryl/α,β-unsaturated/α-hetero) is 1. The highest BCUT2D eigenvalue weighted by molar-refractivity contribution is 5.94. The molecule has 2 rings (SSSR count). The Kier molecular flexibility index (Phi) is 3.60. The maximum Gasteiger partial charge on any atom is 0.433 e. The van der Waals surface area contributed by atoms with Crippen molar-refractivity contribution in [2.45, 2.75) is 6.92 Å². The van der Waals surface area contributed by atoms with E-state index in [4.69, 9.17) is 9.15 Å².